The molecule has 4 aliphatic heterocycles. The SMILES string of the molecule is COc1ccc2c(c1)/C(=N\N=C(/[S-])SC)C(=O)N2CCN1CCN(c2ccccc2)CC1.COc1ccc2c(c1)/C(=N\N=C(/[S-])SC)C(=O)N2CCN1CCN(c2ccccc2)CC1.[Pt+2]. The molecule has 0 N–H and O–H groups in total. The minimum atomic E-state index is -0.149. The second-order valence-corrected chi connectivity index (χ2v) is 17.9. The minimum Gasteiger partial charge on any atom is -0.752 e. The Bertz CT molecular complexity index is 2210. The Balaban J connectivity index is 0.000000212. The zero-order chi connectivity index (χ0) is 45.0. The van der Waals surface area contributed by atoms with Crippen LogP contribution in [0.4, 0.5) is 22.7 Å². The fourth-order valence-electron chi connectivity index (χ4n) is 7.96. The summed E-state index contributed by atoms with van der Waals surface area (Å²) in [4.78, 5) is 39.6. The maximum absolute atomic E-state index is 13.2. The number of anilines is 4. The number of hydrogen-bond donors (Lipinski definition) is 0. The van der Waals surface area contributed by atoms with Crippen LogP contribution in [0.5, 0.6) is 11.5 Å². The van der Waals surface area contributed by atoms with Gasteiger partial charge in [-0.3, -0.25) is 19.4 Å². The summed E-state index contributed by atoms with van der Waals surface area (Å²) in [5, 5.41) is 16.4. The van der Waals surface area contributed by atoms with Gasteiger partial charge in [0.1, 0.15) is 11.5 Å². The van der Waals surface area contributed by atoms with E-state index in [0.29, 0.717) is 44.8 Å². The second-order valence-electron chi connectivity index (χ2n) is 15.0. The third-order valence-corrected chi connectivity index (χ3v) is 13.5. The molecule has 2 fully saturated rings. The first-order chi connectivity index (χ1) is 31.2. The summed E-state index contributed by atoms with van der Waals surface area (Å²) in [5.74, 6) is 1.05. The molecule has 344 valence electrons. The summed E-state index contributed by atoms with van der Waals surface area (Å²) in [5.41, 5.74) is 6.28. The summed E-state index contributed by atoms with van der Waals surface area (Å²) in [7, 11) is 3.21. The van der Waals surface area contributed by atoms with Crippen LogP contribution in [0, 0.1) is 0 Å². The molecule has 0 aromatic heterocycles. The summed E-state index contributed by atoms with van der Waals surface area (Å²) < 4.78 is 11.5. The number of nitrogens with zero attached hydrogens (tertiary/aromatic N) is 10. The molecule has 0 saturated carbocycles. The van der Waals surface area contributed by atoms with Gasteiger partial charge in [0, 0.05) is 101 Å². The molecule has 0 unspecified atom stereocenters. The van der Waals surface area contributed by atoms with Crippen molar-refractivity contribution in [3.8, 4) is 11.5 Å². The van der Waals surface area contributed by atoms with Crippen LogP contribution in [0.15, 0.2) is 117 Å². The molecule has 0 bridgehead atoms. The first-order valence-electron chi connectivity index (χ1n) is 21.0. The number of rotatable bonds is 12. The van der Waals surface area contributed by atoms with Crippen LogP contribution in [0.1, 0.15) is 11.1 Å². The molecule has 4 heterocycles. The van der Waals surface area contributed by atoms with Gasteiger partial charge in [-0.25, -0.2) is 0 Å². The number of piperazine rings is 2. The predicted octanol–water partition coefficient (Wildman–Crippen LogP) is 5.67. The van der Waals surface area contributed by atoms with Gasteiger partial charge < -0.3 is 54.3 Å². The molecule has 65 heavy (non-hydrogen) atoms. The van der Waals surface area contributed by atoms with E-state index in [0.717, 1.165) is 87.9 Å². The van der Waals surface area contributed by atoms with Gasteiger partial charge in [-0.2, -0.15) is 10.2 Å². The molecule has 0 atom stereocenters. The maximum Gasteiger partial charge on any atom is 2.00 e. The van der Waals surface area contributed by atoms with Gasteiger partial charge in [-0.1, -0.05) is 36.4 Å². The molecule has 8 rings (SSSR count). The molecular weight excluding hydrogens is 1080 g/mol. The van der Waals surface area contributed by atoms with E-state index in [1.807, 2.05) is 61.0 Å². The summed E-state index contributed by atoms with van der Waals surface area (Å²) >= 11 is 12.9. The standard InChI is InChI=1S/2C23H27N5O2S2.Pt/c2*1-30-18-8-9-20-19(16-18)21(24-25-23(31)32-2)22(29)28(20)15-12-26-10-13-27(14-11-26)17-6-4-3-5-7-17;/h2*3-9,16H,10-15H2,1-2H3,(H,25,31);/q;;+2/p-2/b2*24-21+;. The average molecular weight is 1130 g/mol. The first-order valence-corrected chi connectivity index (χ1v) is 24.3. The maximum atomic E-state index is 13.2. The smallest absolute Gasteiger partial charge is 0.752 e. The summed E-state index contributed by atoms with van der Waals surface area (Å²) in [6.45, 7) is 10.5. The van der Waals surface area contributed by atoms with Crippen molar-refractivity contribution in [2.24, 2.45) is 20.4 Å². The van der Waals surface area contributed by atoms with Crippen molar-refractivity contribution in [1.82, 2.24) is 9.80 Å². The van der Waals surface area contributed by atoms with Gasteiger partial charge >= 0.3 is 21.1 Å². The van der Waals surface area contributed by atoms with Gasteiger partial charge in [-0.15, -0.1) is 33.7 Å². The van der Waals surface area contributed by atoms with Crippen molar-refractivity contribution in [3.63, 3.8) is 0 Å². The van der Waals surface area contributed by atoms with Crippen LogP contribution in [-0.2, 0) is 55.9 Å². The van der Waals surface area contributed by atoms with E-state index in [1.165, 1.54) is 34.9 Å². The van der Waals surface area contributed by atoms with Crippen LogP contribution in [0.2, 0.25) is 0 Å². The number of para-hydroxylation sites is 2. The monoisotopic (exact) mass is 1130 g/mol. The number of benzene rings is 4. The zero-order valence-corrected chi connectivity index (χ0v) is 42.3. The summed E-state index contributed by atoms with van der Waals surface area (Å²) in [6.07, 6.45) is 3.67. The Hall–Kier alpha value is -4.55. The fraction of sp³-hybridized carbons (Fsp3) is 0.348. The second kappa shape index (κ2) is 24.3. The van der Waals surface area contributed by atoms with Crippen molar-refractivity contribution >= 4 is 104 Å². The molecular formula is C46H52N10O4PtS4. The van der Waals surface area contributed by atoms with E-state index < -0.39 is 0 Å². The number of ether oxygens (including phenoxy) is 2. The minimum absolute atomic E-state index is 0. The number of carbonyl (C=O) groups is 2. The van der Waals surface area contributed by atoms with Crippen LogP contribution >= 0.6 is 23.5 Å². The Morgan fingerprint density at radius 2 is 0.923 bits per heavy atom. The summed E-state index contributed by atoms with van der Waals surface area (Å²) in [6, 6.07) is 32.2. The molecule has 0 spiro atoms. The molecule has 19 heteroatoms. The number of carbonyl (C=O) groups excluding carboxylic acids is 2. The van der Waals surface area contributed by atoms with Crippen LogP contribution < -0.4 is 29.1 Å². The van der Waals surface area contributed by atoms with Crippen molar-refractivity contribution in [1.29, 1.82) is 0 Å². The third kappa shape index (κ3) is 12.5. The van der Waals surface area contributed by atoms with E-state index >= 15 is 0 Å². The largest absolute Gasteiger partial charge is 2.00 e. The van der Waals surface area contributed by atoms with Gasteiger partial charge in [0.15, 0.2) is 11.4 Å². The average Bonchev–Trinajstić information content (AvgIpc) is 3.77. The van der Waals surface area contributed by atoms with Crippen molar-refractivity contribution in [3.05, 3.63) is 108 Å². The van der Waals surface area contributed by atoms with E-state index in [4.69, 9.17) is 34.7 Å². The van der Waals surface area contributed by atoms with Crippen molar-refractivity contribution < 1.29 is 40.1 Å². The van der Waals surface area contributed by atoms with E-state index in [2.05, 4.69) is 88.5 Å². The third-order valence-electron chi connectivity index (χ3n) is 11.5. The number of thioether (sulfide) groups is 2. The zero-order valence-electron chi connectivity index (χ0n) is 36.8. The Morgan fingerprint density at radius 1 is 0.554 bits per heavy atom. The predicted molar refractivity (Wildman–Crippen MR) is 271 cm³/mol. The molecule has 4 aliphatic rings. The number of amides is 2. The quantitative estimate of drug-likeness (QED) is 0.0754. The van der Waals surface area contributed by atoms with Crippen LogP contribution in [0.25, 0.3) is 0 Å². The number of fused-ring (bicyclic) bond motifs is 2. The first kappa shape index (κ1) is 49.9. The van der Waals surface area contributed by atoms with Crippen LogP contribution in [0.3, 0.4) is 0 Å². The number of methoxy groups -OCH3 is 2. The van der Waals surface area contributed by atoms with Crippen LogP contribution in [-0.4, -0.2) is 147 Å². The van der Waals surface area contributed by atoms with Gasteiger partial charge in [-0.05, 0) is 81.9 Å². The van der Waals surface area contributed by atoms with Gasteiger partial charge in [0.05, 0.1) is 25.6 Å². The molecule has 2 amide bonds. The van der Waals surface area contributed by atoms with Gasteiger partial charge in [0.25, 0.3) is 11.8 Å². The Kier molecular flexibility index (Phi) is 18.6. The molecule has 14 nitrogen and oxygen atoms in total. The van der Waals surface area contributed by atoms with E-state index in [1.54, 1.807) is 24.0 Å². The molecule has 4 aromatic rings. The van der Waals surface area contributed by atoms with Gasteiger partial charge in [0.2, 0.25) is 0 Å². The Labute approximate surface area is 415 Å². The normalized spacial score (nSPS) is 18.1. The fourth-order valence-corrected chi connectivity index (χ4v) is 8.29. The molecule has 4 aromatic carbocycles. The molecule has 0 radical (unpaired) electrons. The van der Waals surface area contributed by atoms with Crippen molar-refractivity contribution in [2.75, 3.05) is 125 Å². The molecule has 2 saturated heterocycles. The number of hydrogen-bond acceptors (Lipinski definition) is 16. The van der Waals surface area contributed by atoms with E-state index in [9.17, 15) is 9.59 Å². The van der Waals surface area contributed by atoms with Crippen molar-refractivity contribution in [2.45, 2.75) is 0 Å². The Morgan fingerprint density at radius 3 is 1.26 bits per heavy atom. The molecule has 0 aliphatic carbocycles. The topological polar surface area (TPSA) is 121 Å². The van der Waals surface area contributed by atoms with E-state index in [-0.39, 0.29) is 32.9 Å².